The minimum Gasteiger partial charge on any atom is -0.494 e. The first kappa shape index (κ1) is 23.3. The minimum atomic E-state index is -0.305. The lowest BCUT2D eigenvalue weighted by molar-refractivity contribution is 0.278. The number of ether oxygens (including phenoxy) is 1. The number of halogens is 2. The van der Waals surface area contributed by atoms with Gasteiger partial charge in [0, 0.05) is 18.7 Å². The molecule has 0 aliphatic carbocycles. The third-order valence-corrected chi connectivity index (χ3v) is 6.60. The molecule has 0 amide bonds. The van der Waals surface area contributed by atoms with E-state index in [1.165, 1.54) is 11.6 Å². The number of aromatic nitrogens is 2. The topological polar surface area (TPSA) is 59.3 Å². The smallest absolute Gasteiger partial charge is 0.146 e. The molecule has 0 spiro atoms. The number of fused-ring (bicyclic) bond motifs is 1. The van der Waals surface area contributed by atoms with Crippen LogP contribution in [0.25, 0.3) is 22.4 Å². The molecule has 0 unspecified atom stereocenters. The van der Waals surface area contributed by atoms with Crippen molar-refractivity contribution in [3.8, 4) is 17.1 Å². The van der Waals surface area contributed by atoms with Crippen LogP contribution < -0.4 is 10.1 Å². The number of nitrogens with one attached hydrogen (secondary N) is 1. The number of para-hydroxylation sites is 1. The van der Waals surface area contributed by atoms with Gasteiger partial charge in [-0.3, -0.25) is 0 Å². The molecule has 3 aromatic carbocycles. The Balaban J connectivity index is 1.81. The van der Waals surface area contributed by atoms with E-state index in [1.807, 2.05) is 10.6 Å². The van der Waals surface area contributed by atoms with Crippen LogP contribution in [-0.4, -0.2) is 28.4 Å². The highest BCUT2D eigenvalue weighted by atomic mass is 79.9. The fourth-order valence-corrected chi connectivity index (χ4v) is 4.46. The fraction of sp³-hybridized carbons (Fsp3) is 0.269. The summed E-state index contributed by atoms with van der Waals surface area (Å²) in [5, 5.41) is 12.9. The molecule has 2 N–H and O–H groups in total. The summed E-state index contributed by atoms with van der Waals surface area (Å²) < 4.78 is 22.6. The lowest BCUT2D eigenvalue weighted by Crippen LogP contribution is -2.06. The first-order valence-corrected chi connectivity index (χ1v) is 11.7. The van der Waals surface area contributed by atoms with Crippen LogP contribution in [0.3, 0.4) is 0 Å². The van der Waals surface area contributed by atoms with Crippen LogP contribution in [0, 0.1) is 5.82 Å². The number of nitrogens with zero attached hydrogens (tertiary/aromatic N) is 2. The summed E-state index contributed by atoms with van der Waals surface area (Å²) in [4.78, 5) is 4.94. The van der Waals surface area contributed by atoms with Crippen molar-refractivity contribution < 1.29 is 14.2 Å². The molecule has 33 heavy (non-hydrogen) atoms. The second-order valence-corrected chi connectivity index (χ2v) is 8.96. The molecule has 0 saturated heterocycles. The average molecular weight is 512 g/mol. The Kier molecular flexibility index (Phi) is 7.00. The number of methoxy groups -OCH3 is 1. The molecule has 5 nitrogen and oxygen atoms in total. The number of anilines is 1. The van der Waals surface area contributed by atoms with Gasteiger partial charge in [-0.1, -0.05) is 50.2 Å². The first-order valence-electron chi connectivity index (χ1n) is 10.9. The Morgan fingerprint density at radius 1 is 1.15 bits per heavy atom. The molecule has 0 aliphatic heterocycles. The highest BCUT2D eigenvalue weighted by molar-refractivity contribution is 9.10. The van der Waals surface area contributed by atoms with Crippen LogP contribution in [0.2, 0.25) is 0 Å². The third kappa shape index (κ3) is 4.61. The summed E-state index contributed by atoms with van der Waals surface area (Å²) >= 11 is 3.71. The molecule has 4 aromatic rings. The molecule has 0 atom stereocenters. The van der Waals surface area contributed by atoms with Gasteiger partial charge in [-0.05, 0) is 51.2 Å². The Bertz CT molecular complexity index is 1270. The summed E-state index contributed by atoms with van der Waals surface area (Å²) in [7, 11) is 1.62. The van der Waals surface area contributed by atoms with E-state index >= 15 is 0 Å². The molecular formula is C26H27BrFN3O2. The monoisotopic (exact) mass is 511 g/mol. The van der Waals surface area contributed by atoms with E-state index < -0.39 is 0 Å². The van der Waals surface area contributed by atoms with E-state index in [2.05, 4.69) is 59.4 Å². The summed E-state index contributed by atoms with van der Waals surface area (Å²) in [6.07, 6.45) is 0. The van der Waals surface area contributed by atoms with Crippen molar-refractivity contribution in [2.24, 2.45) is 0 Å². The number of benzene rings is 3. The molecule has 1 aromatic heterocycles. The second kappa shape index (κ2) is 9.93. The van der Waals surface area contributed by atoms with Crippen LogP contribution in [0.15, 0.2) is 59.1 Å². The largest absolute Gasteiger partial charge is 0.494 e. The van der Waals surface area contributed by atoms with Crippen LogP contribution in [0.4, 0.5) is 10.1 Å². The average Bonchev–Trinajstić information content (AvgIpc) is 3.20. The summed E-state index contributed by atoms with van der Waals surface area (Å²) in [6.45, 7) is 5.07. The van der Waals surface area contributed by atoms with Gasteiger partial charge in [0.2, 0.25) is 0 Å². The molecular weight excluding hydrogens is 485 g/mol. The highest BCUT2D eigenvalue weighted by Crippen LogP contribution is 2.38. The van der Waals surface area contributed by atoms with Crippen LogP contribution in [-0.2, 0) is 13.1 Å². The Morgan fingerprint density at radius 2 is 1.88 bits per heavy atom. The third-order valence-electron chi connectivity index (χ3n) is 5.72. The van der Waals surface area contributed by atoms with Crippen molar-refractivity contribution in [2.75, 3.05) is 19.0 Å². The summed E-state index contributed by atoms with van der Waals surface area (Å²) in [5.41, 5.74) is 5.07. The second-order valence-electron chi connectivity index (χ2n) is 8.17. The quantitative estimate of drug-likeness (QED) is 0.289. The van der Waals surface area contributed by atoms with Crippen LogP contribution in [0.5, 0.6) is 5.75 Å². The van der Waals surface area contributed by atoms with Crippen molar-refractivity contribution in [3.63, 3.8) is 0 Å². The number of hydrogen-bond acceptors (Lipinski definition) is 4. The minimum absolute atomic E-state index is 0.0279. The zero-order valence-electron chi connectivity index (χ0n) is 18.9. The van der Waals surface area contributed by atoms with Crippen molar-refractivity contribution in [1.82, 2.24) is 9.55 Å². The van der Waals surface area contributed by atoms with Gasteiger partial charge in [0.05, 0.1) is 23.9 Å². The van der Waals surface area contributed by atoms with Crippen LogP contribution >= 0.6 is 15.9 Å². The zero-order chi connectivity index (χ0) is 23.5. The van der Waals surface area contributed by atoms with E-state index in [1.54, 1.807) is 25.3 Å². The standard InChI is InChI=1S/C26H27BrFN3O2/c1-16(2)17-8-10-18(11-9-17)26-30-24-23(27)19(15-29-21-7-5-4-6-20(21)28)14-22(33-3)25(24)31(26)12-13-32/h4-11,14,16,29,32H,12-13,15H2,1-3H3. The van der Waals surface area contributed by atoms with Crippen molar-refractivity contribution in [2.45, 2.75) is 32.9 Å². The van der Waals surface area contributed by atoms with Crippen LogP contribution in [0.1, 0.15) is 30.9 Å². The predicted octanol–water partition coefficient (Wildman–Crippen LogP) is 6.34. The maximum atomic E-state index is 14.1. The van der Waals surface area contributed by atoms with Crippen molar-refractivity contribution in [3.05, 3.63) is 76.0 Å². The number of aliphatic hydroxyl groups excluding tert-OH is 1. The summed E-state index contributed by atoms with van der Waals surface area (Å²) in [6, 6.07) is 16.8. The number of aliphatic hydroxyl groups is 1. The van der Waals surface area contributed by atoms with Crippen molar-refractivity contribution >= 4 is 32.7 Å². The van der Waals surface area contributed by atoms with E-state index in [-0.39, 0.29) is 12.4 Å². The fourth-order valence-electron chi connectivity index (χ4n) is 3.93. The van der Waals surface area contributed by atoms with Crippen molar-refractivity contribution in [1.29, 1.82) is 0 Å². The lowest BCUT2D eigenvalue weighted by atomic mass is 10.0. The molecule has 0 radical (unpaired) electrons. The van der Waals surface area contributed by atoms with Gasteiger partial charge < -0.3 is 19.7 Å². The lowest BCUT2D eigenvalue weighted by Gasteiger charge is -2.14. The van der Waals surface area contributed by atoms with Gasteiger partial charge in [-0.25, -0.2) is 9.37 Å². The Labute approximate surface area is 201 Å². The molecule has 7 heteroatoms. The highest BCUT2D eigenvalue weighted by Gasteiger charge is 2.21. The maximum absolute atomic E-state index is 14.1. The maximum Gasteiger partial charge on any atom is 0.146 e. The zero-order valence-corrected chi connectivity index (χ0v) is 20.5. The molecule has 0 bridgehead atoms. The van der Waals surface area contributed by atoms with E-state index in [4.69, 9.17) is 9.72 Å². The Morgan fingerprint density at radius 3 is 2.52 bits per heavy atom. The van der Waals surface area contributed by atoms with E-state index in [0.29, 0.717) is 30.4 Å². The van der Waals surface area contributed by atoms with Gasteiger partial charge in [0.25, 0.3) is 0 Å². The molecule has 0 saturated carbocycles. The predicted molar refractivity (Wildman–Crippen MR) is 134 cm³/mol. The SMILES string of the molecule is COc1cc(CNc2ccccc2F)c(Br)c2nc(-c3ccc(C(C)C)cc3)n(CCO)c12. The number of imidazole rings is 1. The molecule has 4 rings (SSSR count). The van der Waals surface area contributed by atoms with Gasteiger partial charge in [0.1, 0.15) is 28.4 Å². The van der Waals surface area contributed by atoms with Gasteiger partial charge in [-0.15, -0.1) is 0 Å². The first-order chi connectivity index (χ1) is 15.9. The number of rotatable bonds is 8. The molecule has 1 heterocycles. The number of hydrogen-bond donors (Lipinski definition) is 2. The van der Waals surface area contributed by atoms with Gasteiger partial charge >= 0.3 is 0 Å². The van der Waals surface area contributed by atoms with E-state index in [0.717, 1.165) is 32.5 Å². The normalized spacial score (nSPS) is 11.4. The summed E-state index contributed by atoms with van der Waals surface area (Å²) in [5.74, 6) is 1.53. The van der Waals surface area contributed by atoms with Gasteiger partial charge in [-0.2, -0.15) is 0 Å². The van der Waals surface area contributed by atoms with E-state index in [9.17, 15) is 9.50 Å². The molecule has 0 aliphatic rings. The molecule has 172 valence electrons. The molecule has 0 fully saturated rings. The van der Waals surface area contributed by atoms with Gasteiger partial charge in [0.15, 0.2) is 0 Å². The Hall–Kier alpha value is -2.90.